The Balaban J connectivity index is 1.46. The maximum atomic E-state index is 12.6. The number of rotatable bonds is 3. The summed E-state index contributed by atoms with van der Waals surface area (Å²) in [6.45, 7) is 0.937. The van der Waals surface area contributed by atoms with E-state index in [9.17, 15) is 9.59 Å². The van der Waals surface area contributed by atoms with Gasteiger partial charge in [0.05, 0.1) is 14.2 Å². The number of anilines is 1. The van der Waals surface area contributed by atoms with Crippen LogP contribution in [0.4, 0.5) is 5.69 Å². The van der Waals surface area contributed by atoms with Crippen molar-refractivity contribution in [3.63, 3.8) is 0 Å². The molecule has 0 fully saturated rings. The standard InChI is InChI=1S/C20H20N2O6/c1-25-16-7-12-5-6-22(10-13(12)8-17(16)26-2)20(24)19(23)21-14-3-4-15-18(9-14)28-11-27-15/h3-4,7-9H,5-6,10-11H2,1-2H3,(H,21,23). The minimum atomic E-state index is -0.692. The zero-order valence-corrected chi connectivity index (χ0v) is 15.6. The normalized spacial score (nSPS) is 14.3. The van der Waals surface area contributed by atoms with Gasteiger partial charge in [-0.05, 0) is 41.8 Å². The third-order valence-electron chi connectivity index (χ3n) is 4.83. The van der Waals surface area contributed by atoms with E-state index in [0.717, 1.165) is 11.1 Å². The fraction of sp³-hybridized carbons (Fsp3) is 0.300. The lowest BCUT2D eigenvalue weighted by molar-refractivity contribution is -0.143. The van der Waals surface area contributed by atoms with Crippen LogP contribution in [-0.2, 0) is 22.6 Å². The topological polar surface area (TPSA) is 86.3 Å². The third-order valence-corrected chi connectivity index (χ3v) is 4.83. The van der Waals surface area contributed by atoms with Gasteiger partial charge in [0.25, 0.3) is 0 Å². The summed E-state index contributed by atoms with van der Waals surface area (Å²) in [5, 5.41) is 2.62. The Morgan fingerprint density at radius 2 is 1.71 bits per heavy atom. The molecule has 0 aliphatic carbocycles. The second-order valence-corrected chi connectivity index (χ2v) is 6.47. The Morgan fingerprint density at radius 1 is 1.00 bits per heavy atom. The number of nitrogens with one attached hydrogen (secondary N) is 1. The lowest BCUT2D eigenvalue weighted by atomic mass is 9.98. The highest BCUT2D eigenvalue weighted by Gasteiger charge is 2.27. The van der Waals surface area contributed by atoms with Crippen molar-refractivity contribution in [2.75, 3.05) is 32.9 Å². The van der Waals surface area contributed by atoms with Crippen molar-refractivity contribution in [2.45, 2.75) is 13.0 Å². The molecule has 28 heavy (non-hydrogen) atoms. The summed E-state index contributed by atoms with van der Waals surface area (Å²) < 4.78 is 21.2. The van der Waals surface area contributed by atoms with Gasteiger partial charge < -0.3 is 29.2 Å². The largest absolute Gasteiger partial charge is 0.493 e. The van der Waals surface area contributed by atoms with Crippen molar-refractivity contribution in [1.29, 1.82) is 0 Å². The molecule has 8 nitrogen and oxygen atoms in total. The van der Waals surface area contributed by atoms with Crippen molar-refractivity contribution in [3.8, 4) is 23.0 Å². The minimum Gasteiger partial charge on any atom is -0.493 e. The highest BCUT2D eigenvalue weighted by atomic mass is 16.7. The maximum Gasteiger partial charge on any atom is 0.313 e. The highest BCUT2D eigenvalue weighted by molar-refractivity contribution is 6.39. The van der Waals surface area contributed by atoms with Gasteiger partial charge in [-0.3, -0.25) is 9.59 Å². The quantitative estimate of drug-likeness (QED) is 0.814. The number of methoxy groups -OCH3 is 2. The molecule has 146 valence electrons. The summed E-state index contributed by atoms with van der Waals surface area (Å²) in [6.07, 6.45) is 0.638. The predicted molar refractivity (Wildman–Crippen MR) is 99.9 cm³/mol. The monoisotopic (exact) mass is 384 g/mol. The Morgan fingerprint density at radius 3 is 2.46 bits per heavy atom. The van der Waals surface area contributed by atoms with Gasteiger partial charge in [0, 0.05) is 24.8 Å². The third kappa shape index (κ3) is 3.28. The number of carbonyl (C=O) groups excluding carboxylic acids is 2. The van der Waals surface area contributed by atoms with Crippen molar-refractivity contribution in [3.05, 3.63) is 41.5 Å². The molecule has 0 unspecified atom stereocenters. The number of ether oxygens (including phenoxy) is 4. The van der Waals surface area contributed by atoms with E-state index in [1.807, 2.05) is 12.1 Å². The van der Waals surface area contributed by atoms with E-state index in [1.165, 1.54) is 4.90 Å². The molecule has 8 heteroatoms. The summed E-state index contributed by atoms with van der Waals surface area (Å²) >= 11 is 0. The zero-order chi connectivity index (χ0) is 19.7. The number of carbonyl (C=O) groups is 2. The van der Waals surface area contributed by atoms with Crippen molar-refractivity contribution in [1.82, 2.24) is 4.90 Å². The predicted octanol–water partition coefficient (Wildman–Crippen LogP) is 1.96. The van der Waals surface area contributed by atoms with Crippen LogP contribution in [0.1, 0.15) is 11.1 Å². The molecule has 2 aromatic carbocycles. The van der Waals surface area contributed by atoms with Crippen LogP contribution in [0, 0.1) is 0 Å². The molecule has 0 saturated heterocycles. The molecule has 0 aromatic heterocycles. The SMILES string of the molecule is COc1cc2c(cc1OC)CN(C(=O)C(=O)Nc1ccc3c(c1)OCO3)CC2. The molecule has 2 amide bonds. The number of hydrogen-bond acceptors (Lipinski definition) is 6. The van der Waals surface area contributed by atoms with Crippen molar-refractivity contribution >= 4 is 17.5 Å². The first kappa shape index (κ1) is 18.0. The van der Waals surface area contributed by atoms with Gasteiger partial charge in [-0.1, -0.05) is 0 Å². The molecule has 2 aromatic rings. The van der Waals surface area contributed by atoms with E-state index in [0.29, 0.717) is 48.2 Å². The van der Waals surface area contributed by atoms with Crippen LogP contribution >= 0.6 is 0 Å². The minimum absolute atomic E-state index is 0.146. The second kappa shape index (κ2) is 7.30. The van der Waals surface area contributed by atoms with Gasteiger partial charge in [0.15, 0.2) is 23.0 Å². The molecule has 2 aliphatic heterocycles. The Bertz CT molecular complexity index is 943. The molecular formula is C20H20N2O6. The molecule has 0 radical (unpaired) electrons. The number of nitrogens with zero attached hydrogens (tertiary/aromatic N) is 1. The molecule has 0 bridgehead atoms. The Kier molecular flexibility index (Phi) is 4.68. The van der Waals surface area contributed by atoms with E-state index in [2.05, 4.69) is 5.32 Å². The summed E-state index contributed by atoms with van der Waals surface area (Å²) in [4.78, 5) is 26.6. The fourth-order valence-electron chi connectivity index (χ4n) is 3.36. The molecular weight excluding hydrogens is 364 g/mol. The summed E-state index contributed by atoms with van der Waals surface area (Å²) in [5.41, 5.74) is 2.50. The van der Waals surface area contributed by atoms with E-state index in [1.54, 1.807) is 32.4 Å². The van der Waals surface area contributed by atoms with E-state index < -0.39 is 11.8 Å². The van der Waals surface area contributed by atoms with Gasteiger partial charge >= 0.3 is 11.8 Å². The molecule has 2 aliphatic rings. The van der Waals surface area contributed by atoms with Crippen LogP contribution < -0.4 is 24.3 Å². The average molecular weight is 384 g/mol. The van der Waals surface area contributed by atoms with Crippen LogP contribution in [0.3, 0.4) is 0 Å². The van der Waals surface area contributed by atoms with Crippen LogP contribution in [0.2, 0.25) is 0 Å². The maximum absolute atomic E-state index is 12.6. The summed E-state index contributed by atoms with van der Waals surface area (Å²) in [7, 11) is 3.15. The van der Waals surface area contributed by atoms with Gasteiger partial charge in [-0.2, -0.15) is 0 Å². The molecule has 2 heterocycles. The first-order valence-electron chi connectivity index (χ1n) is 8.82. The molecule has 0 atom stereocenters. The smallest absolute Gasteiger partial charge is 0.313 e. The first-order valence-corrected chi connectivity index (χ1v) is 8.82. The van der Waals surface area contributed by atoms with Crippen molar-refractivity contribution < 1.29 is 28.5 Å². The average Bonchev–Trinajstić information content (AvgIpc) is 3.19. The molecule has 1 N–H and O–H groups in total. The molecule has 0 saturated carbocycles. The number of benzene rings is 2. The molecule has 4 rings (SSSR count). The van der Waals surface area contributed by atoms with E-state index >= 15 is 0 Å². The van der Waals surface area contributed by atoms with Gasteiger partial charge in [0.2, 0.25) is 6.79 Å². The number of hydrogen-bond donors (Lipinski definition) is 1. The van der Waals surface area contributed by atoms with E-state index in [-0.39, 0.29) is 6.79 Å². The van der Waals surface area contributed by atoms with Crippen LogP contribution in [0.5, 0.6) is 23.0 Å². The Hall–Kier alpha value is -3.42. The number of fused-ring (bicyclic) bond motifs is 2. The van der Waals surface area contributed by atoms with Gasteiger partial charge in [-0.25, -0.2) is 0 Å². The highest BCUT2D eigenvalue weighted by Crippen LogP contribution is 2.35. The van der Waals surface area contributed by atoms with Crippen LogP contribution in [0.25, 0.3) is 0 Å². The van der Waals surface area contributed by atoms with Crippen molar-refractivity contribution in [2.24, 2.45) is 0 Å². The van der Waals surface area contributed by atoms with Crippen LogP contribution in [-0.4, -0.2) is 44.3 Å². The lowest BCUT2D eigenvalue weighted by Gasteiger charge is -2.29. The van der Waals surface area contributed by atoms with Gasteiger partial charge in [-0.15, -0.1) is 0 Å². The first-order chi connectivity index (χ1) is 13.6. The molecule has 0 spiro atoms. The summed E-state index contributed by atoms with van der Waals surface area (Å²) in [5.74, 6) is 1.13. The Labute approximate surface area is 161 Å². The van der Waals surface area contributed by atoms with E-state index in [4.69, 9.17) is 18.9 Å². The fourth-order valence-corrected chi connectivity index (χ4v) is 3.36. The lowest BCUT2D eigenvalue weighted by Crippen LogP contribution is -2.42. The van der Waals surface area contributed by atoms with Crippen LogP contribution in [0.15, 0.2) is 30.3 Å². The zero-order valence-electron chi connectivity index (χ0n) is 15.6. The number of amides is 2. The second-order valence-electron chi connectivity index (χ2n) is 6.47. The van der Waals surface area contributed by atoms with Gasteiger partial charge in [0.1, 0.15) is 0 Å². The summed E-state index contributed by atoms with van der Waals surface area (Å²) in [6, 6.07) is 8.77.